The Hall–Kier alpha value is -3.01. The molecule has 3 aromatic carbocycles. The number of amides is 1. The molecule has 0 spiro atoms. The molecule has 0 unspecified atom stereocenters. The summed E-state index contributed by atoms with van der Waals surface area (Å²) in [6, 6.07) is 21.3. The van der Waals surface area contributed by atoms with Crippen molar-refractivity contribution in [2.45, 2.75) is 26.0 Å². The molecule has 0 radical (unpaired) electrons. The highest BCUT2D eigenvalue weighted by molar-refractivity contribution is 5.89. The van der Waals surface area contributed by atoms with Gasteiger partial charge in [-0.25, -0.2) is 0 Å². The Morgan fingerprint density at radius 1 is 0.885 bits per heavy atom. The highest BCUT2D eigenvalue weighted by Gasteiger charge is 2.20. The number of para-hydroxylation sites is 1. The minimum absolute atomic E-state index is 0.170. The topological polar surface area (TPSA) is 47.6 Å². The minimum Gasteiger partial charge on any atom is -0.496 e. The van der Waals surface area contributed by atoms with Crippen molar-refractivity contribution in [3.63, 3.8) is 0 Å². The molecule has 0 aromatic heterocycles. The first kappa shape index (κ1) is 17.8. The molecule has 0 bridgehead atoms. The zero-order chi connectivity index (χ0) is 18.5. The second kappa shape index (κ2) is 7.91. The second-order valence-corrected chi connectivity index (χ2v) is 6.21. The summed E-state index contributed by atoms with van der Waals surface area (Å²) in [5, 5.41) is 5.07. The number of carbonyl (C=O) groups is 1. The van der Waals surface area contributed by atoms with E-state index >= 15 is 0 Å². The molecule has 0 aliphatic carbocycles. The molecule has 26 heavy (non-hydrogen) atoms. The molecule has 0 aliphatic heterocycles. The van der Waals surface area contributed by atoms with Crippen molar-refractivity contribution >= 4 is 16.7 Å². The van der Waals surface area contributed by atoms with Gasteiger partial charge in [0.15, 0.2) is 6.10 Å². The number of benzene rings is 3. The fourth-order valence-corrected chi connectivity index (χ4v) is 2.98. The van der Waals surface area contributed by atoms with Crippen LogP contribution in [-0.4, -0.2) is 19.1 Å². The van der Waals surface area contributed by atoms with E-state index < -0.39 is 6.10 Å². The van der Waals surface area contributed by atoms with Gasteiger partial charge >= 0.3 is 0 Å². The predicted molar refractivity (Wildman–Crippen MR) is 104 cm³/mol. The van der Waals surface area contributed by atoms with Gasteiger partial charge in [0, 0.05) is 10.9 Å². The van der Waals surface area contributed by atoms with E-state index in [0.717, 1.165) is 22.1 Å². The van der Waals surface area contributed by atoms with E-state index in [9.17, 15) is 4.79 Å². The van der Waals surface area contributed by atoms with E-state index in [1.54, 1.807) is 14.0 Å². The SMILES string of the molecule is COc1ccccc1[C@@H](C)NC(=O)[C@@H](C)Oc1cccc2ccccc12. The maximum Gasteiger partial charge on any atom is 0.261 e. The monoisotopic (exact) mass is 349 g/mol. The number of hydrogen-bond acceptors (Lipinski definition) is 3. The van der Waals surface area contributed by atoms with Crippen LogP contribution in [0, 0.1) is 0 Å². The van der Waals surface area contributed by atoms with E-state index in [-0.39, 0.29) is 11.9 Å². The Bertz CT molecular complexity index is 901. The summed E-state index contributed by atoms with van der Waals surface area (Å²) in [5.74, 6) is 1.29. The lowest BCUT2D eigenvalue weighted by atomic mass is 10.1. The van der Waals surface area contributed by atoms with Gasteiger partial charge in [0.05, 0.1) is 13.2 Å². The first-order chi connectivity index (χ1) is 12.6. The van der Waals surface area contributed by atoms with Crippen LogP contribution in [0.4, 0.5) is 0 Å². The number of fused-ring (bicyclic) bond motifs is 1. The number of carbonyl (C=O) groups excluding carboxylic acids is 1. The molecule has 0 aliphatic rings. The van der Waals surface area contributed by atoms with Crippen molar-refractivity contribution in [1.29, 1.82) is 0 Å². The second-order valence-electron chi connectivity index (χ2n) is 6.21. The summed E-state index contributed by atoms with van der Waals surface area (Å²) < 4.78 is 11.3. The van der Waals surface area contributed by atoms with Crippen LogP contribution in [0.1, 0.15) is 25.5 Å². The number of ether oxygens (including phenoxy) is 2. The summed E-state index contributed by atoms with van der Waals surface area (Å²) in [6.07, 6.45) is -0.613. The predicted octanol–water partition coefficient (Wildman–Crippen LogP) is 4.49. The van der Waals surface area contributed by atoms with Crippen LogP contribution in [-0.2, 0) is 4.79 Å². The Morgan fingerprint density at radius 3 is 2.35 bits per heavy atom. The molecule has 3 aromatic rings. The van der Waals surface area contributed by atoms with Gasteiger partial charge < -0.3 is 14.8 Å². The molecule has 134 valence electrons. The van der Waals surface area contributed by atoms with Crippen molar-refractivity contribution in [3.8, 4) is 11.5 Å². The molecule has 2 atom stereocenters. The lowest BCUT2D eigenvalue weighted by Crippen LogP contribution is -2.37. The van der Waals surface area contributed by atoms with Crippen LogP contribution in [0.15, 0.2) is 66.7 Å². The number of nitrogens with one attached hydrogen (secondary N) is 1. The first-order valence-electron chi connectivity index (χ1n) is 8.68. The van der Waals surface area contributed by atoms with Gasteiger partial charge in [-0.1, -0.05) is 54.6 Å². The van der Waals surface area contributed by atoms with Crippen LogP contribution >= 0.6 is 0 Å². The van der Waals surface area contributed by atoms with Gasteiger partial charge in [0.2, 0.25) is 0 Å². The fraction of sp³-hybridized carbons (Fsp3) is 0.227. The Kier molecular flexibility index (Phi) is 5.42. The average Bonchev–Trinajstić information content (AvgIpc) is 2.68. The zero-order valence-electron chi connectivity index (χ0n) is 15.2. The molecule has 0 heterocycles. The summed E-state index contributed by atoms with van der Waals surface area (Å²) in [7, 11) is 1.62. The third kappa shape index (κ3) is 3.80. The lowest BCUT2D eigenvalue weighted by molar-refractivity contribution is -0.127. The van der Waals surface area contributed by atoms with Crippen LogP contribution in [0.5, 0.6) is 11.5 Å². The average molecular weight is 349 g/mol. The number of methoxy groups -OCH3 is 1. The summed E-state index contributed by atoms with van der Waals surface area (Å²) in [5.41, 5.74) is 0.931. The lowest BCUT2D eigenvalue weighted by Gasteiger charge is -2.21. The molecular weight excluding hydrogens is 326 g/mol. The van der Waals surface area contributed by atoms with Crippen LogP contribution in [0.3, 0.4) is 0 Å². The Labute approximate surface area is 153 Å². The van der Waals surface area contributed by atoms with Crippen molar-refractivity contribution in [2.75, 3.05) is 7.11 Å². The summed E-state index contributed by atoms with van der Waals surface area (Å²) in [4.78, 5) is 12.6. The van der Waals surface area contributed by atoms with Gasteiger partial charge in [-0.05, 0) is 31.4 Å². The number of hydrogen-bond donors (Lipinski definition) is 1. The molecular formula is C22H23NO3. The zero-order valence-corrected chi connectivity index (χ0v) is 15.2. The van der Waals surface area contributed by atoms with Crippen LogP contribution in [0.2, 0.25) is 0 Å². The number of rotatable bonds is 6. The molecule has 4 heteroatoms. The van der Waals surface area contributed by atoms with E-state index in [2.05, 4.69) is 5.32 Å². The minimum atomic E-state index is -0.613. The molecule has 4 nitrogen and oxygen atoms in total. The van der Waals surface area contributed by atoms with Crippen LogP contribution in [0.25, 0.3) is 10.8 Å². The summed E-state index contributed by atoms with van der Waals surface area (Å²) >= 11 is 0. The third-order valence-corrected chi connectivity index (χ3v) is 4.39. The highest BCUT2D eigenvalue weighted by atomic mass is 16.5. The third-order valence-electron chi connectivity index (χ3n) is 4.39. The van der Waals surface area contributed by atoms with E-state index in [0.29, 0.717) is 5.75 Å². The quantitative estimate of drug-likeness (QED) is 0.713. The molecule has 0 saturated carbocycles. The maximum absolute atomic E-state index is 12.6. The highest BCUT2D eigenvalue weighted by Crippen LogP contribution is 2.27. The smallest absolute Gasteiger partial charge is 0.261 e. The standard InChI is InChI=1S/C22H23NO3/c1-15(18-11-6-7-13-20(18)25-3)23-22(24)16(2)26-21-14-8-10-17-9-4-5-12-19(17)21/h4-16H,1-3H3,(H,23,24)/t15-,16-/m1/s1. The largest absolute Gasteiger partial charge is 0.496 e. The fourth-order valence-electron chi connectivity index (χ4n) is 2.98. The normalized spacial score (nSPS) is 13.0. The van der Waals surface area contributed by atoms with Gasteiger partial charge in [-0.2, -0.15) is 0 Å². The molecule has 0 fully saturated rings. The van der Waals surface area contributed by atoms with Crippen molar-refractivity contribution < 1.29 is 14.3 Å². The van der Waals surface area contributed by atoms with Crippen LogP contribution < -0.4 is 14.8 Å². The molecule has 1 N–H and O–H groups in total. The summed E-state index contributed by atoms with van der Waals surface area (Å²) in [6.45, 7) is 3.69. The Balaban J connectivity index is 1.71. The van der Waals surface area contributed by atoms with Gasteiger partial charge in [0.1, 0.15) is 11.5 Å². The molecule has 3 rings (SSSR count). The van der Waals surface area contributed by atoms with E-state index in [1.807, 2.05) is 73.7 Å². The van der Waals surface area contributed by atoms with Crippen molar-refractivity contribution in [2.24, 2.45) is 0 Å². The van der Waals surface area contributed by atoms with Gasteiger partial charge in [0.25, 0.3) is 5.91 Å². The first-order valence-corrected chi connectivity index (χ1v) is 8.68. The Morgan fingerprint density at radius 2 is 1.54 bits per heavy atom. The van der Waals surface area contributed by atoms with Crippen molar-refractivity contribution in [1.82, 2.24) is 5.32 Å². The van der Waals surface area contributed by atoms with Gasteiger partial charge in [-0.15, -0.1) is 0 Å². The van der Waals surface area contributed by atoms with E-state index in [1.165, 1.54) is 0 Å². The molecule has 1 amide bonds. The van der Waals surface area contributed by atoms with Gasteiger partial charge in [-0.3, -0.25) is 4.79 Å². The van der Waals surface area contributed by atoms with Crippen molar-refractivity contribution in [3.05, 3.63) is 72.3 Å². The molecule has 0 saturated heterocycles. The van der Waals surface area contributed by atoms with E-state index in [4.69, 9.17) is 9.47 Å². The maximum atomic E-state index is 12.6.